The van der Waals surface area contributed by atoms with Crippen LogP contribution in [0.4, 0.5) is 5.69 Å². The number of carbonyl (C=O) groups is 1. The summed E-state index contributed by atoms with van der Waals surface area (Å²) < 4.78 is 39.8. The van der Waals surface area contributed by atoms with E-state index in [-0.39, 0.29) is 16.4 Å². The summed E-state index contributed by atoms with van der Waals surface area (Å²) in [4.78, 5) is 20.1. The fraction of sp³-hybridized carbons (Fsp3) is 0.115. The largest absolute Gasteiger partial charge is 0.496 e. The third-order valence-electron chi connectivity index (χ3n) is 5.12. The number of ether oxygens (including phenoxy) is 2. The number of anilines is 1. The van der Waals surface area contributed by atoms with Crippen molar-refractivity contribution in [2.24, 2.45) is 0 Å². The molecule has 8 nitrogen and oxygen atoms in total. The number of sulfonamides is 1. The molecule has 0 bridgehead atoms. The van der Waals surface area contributed by atoms with Crippen molar-refractivity contribution >= 4 is 32.4 Å². The lowest BCUT2D eigenvalue weighted by Gasteiger charge is -2.13. The van der Waals surface area contributed by atoms with Crippen LogP contribution in [0, 0.1) is 11.8 Å². The molecule has 2 heterocycles. The van der Waals surface area contributed by atoms with Crippen molar-refractivity contribution in [3.63, 3.8) is 0 Å². The number of aromatic nitrogens is 2. The smallest absolute Gasteiger partial charge is 0.264 e. The Kier molecular flexibility index (Phi) is 6.66. The molecule has 0 spiro atoms. The summed E-state index contributed by atoms with van der Waals surface area (Å²) in [5.74, 6) is 6.53. The van der Waals surface area contributed by atoms with Gasteiger partial charge in [-0.05, 0) is 42.5 Å². The number of carbonyl (C=O) groups excluding carboxylic acids is 1. The topological polar surface area (TPSA) is 107 Å². The van der Waals surface area contributed by atoms with E-state index >= 15 is 0 Å². The Hall–Kier alpha value is -4.42. The van der Waals surface area contributed by atoms with Gasteiger partial charge in [0.15, 0.2) is 5.78 Å². The van der Waals surface area contributed by atoms with Crippen molar-refractivity contribution in [2.75, 3.05) is 18.9 Å². The normalized spacial score (nSPS) is 10.8. The van der Waals surface area contributed by atoms with Gasteiger partial charge in [0.25, 0.3) is 10.0 Å². The van der Waals surface area contributed by atoms with Crippen LogP contribution in [0.2, 0.25) is 0 Å². The molecule has 0 amide bonds. The van der Waals surface area contributed by atoms with Gasteiger partial charge in [0, 0.05) is 35.8 Å². The Morgan fingerprint density at radius 2 is 1.71 bits per heavy atom. The summed E-state index contributed by atoms with van der Waals surface area (Å²) in [6.45, 7) is 1.40. The molecule has 35 heavy (non-hydrogen) atoms. The van der Waals surface area contributed by atoms with E-state index in [1.54, 1.807) is 48.5 Å². The number of hydrogen-bond acceptors (Lipinski definition) is 7. The maximum Gasteiger partial charge on any atom is 0.264 e. The van der Waals surface area contributed by atoms with Gasteiger partial charge < -0.3 is 9.47 Å². The Labute approximate surface area is 203 Å². The van der Waals surface area contributed by atoms with Crippen molar-refractivity contribution in [1.29, 1.82) is 0 Å². The molecule has 2 aromatic carbocycles. The minimum Gasteiger partial charge on any atom is -0.496 e. The van der Waals surface area contributed by atoms with E-state index in [0.29, 0.717) is 39.2 Å². The molecule has 1 N–H and O–H groups in total. The maximum atomic E-state index is 13.3. The van der Waals surface area contributed by atoms with Crippen LogP contribution in [-0.4, -0.2) is 38.4 Å². The van der Waals surface area contributed by atoms with Gasteiger partial charge in [0.05, 0.1) is 25.4 Å². The third-order valence-corrected chi connectivity index (χ3v) is 6.52. The van der Waals surface area contributed by atoms with E-state index in [4.69, 9.17) is 9.47 Å². The molecule has 4 rings (SSSR count). The van der Waals surface area contributed by atoms with Gasteiger partial charge in [0.1, 0.15) is 22.1 Å². The number of methoxy groups -OCH3 is 2. The highest BCUT2D eigenvalue weighted by molar-refractivity contribution is 7.93. The molecule has 0 fully saturated rings. The summed E-state index contributed by atoms with van der Waals surface area (Å²) in [7, 11) is -1.04. The third kappa shape index (κ3) is 4.93. The predicted molar refractivity (Wildman–Crippen MR) is 132 cm³/mol. The number of benzene rings is 2. The Morgan fingerprint density at radius 3 is 2.46 bits per heavy atom. The van der Waals surface area contributed by atoms with Gasteiger partial charge in [0.2, 0.25) is 0 Å². The average Bonchev–Trinajstić information content (AvgIpc) is 2.86. The maximum absolute atomic E-state index is 13.3. The minimum atomic E-state index is -4.00. The second kappa shape index (κ2) is 9.83. The lowest BCUT2D eigenvalue weighted by molar-refractivity contribution is 0.101. The number of nitrogens with zero attached hydrogens (tertiary/aromatic N) is 2. The number of para-hydroxylation sites is 1. The summed E-state index contributed by atoms with van der Waals surface area (Å²) >= 11 is 0. The first-order valence-electron chi connectivity index (χ1n) is 10.4. The highest BCUT2D eigenvalue weighted by atomic mass is 32.2. The number of pyridine rings is 2. The van der Waals surface area contributed by atoms with E-state index in [0.717, 1.165) is 0 Å². The van der Waals surface area contributed by atoms with Gasteiger partial charge in [-0.2, -0.15) is 0 Å². The molecule has 4 aromatic rings. The first-order chi connectivity index (χ1) is 16.8. The van der Waals surface area contributed by atoms with Gasteiger partial charge >= 0.3 is 0 Å². The fourth-order valence-corrected chi connectivity index (χ4v) is 4.71. The molecule has 2 aromatic heterocycles. The van der Waals surface area contributed by atoms with Crippen LogP contribution in [-0.2, 0) is 10.0 Å². The standard InChI is InChI=1S/C26H21N3O5S/c1-17(30)25-23(34-3)15-18(16-28-25)10-11-19-7-4-5-9-21(19)29-35(31,32)24-13-12-22(33-2)20-8-6-14-27-26(20)24/h4-9,12-16,29H,1-3H3. The summed E-state index contributed by atoms with van der Waals surface area (Å²) in [6.07, 6.45) is 2.99. The first-order valence-corrected chi connectivity index (χ1v) is 11.9. The zero-order valence-electron chi connectivity index (χ0n) is 19.2. The van der Waals surface area contributed by atoms with Crippen LogP contribution in [0.5, 0.6) is 11.5 Å². The highest BCUT2D eigenvalue weighted by Gasteiger charge is 2.21. The Bertz CT molecular complexity index is 1600. The van der Waals surface area contributed by atoms with Crippen molar-refractivity contribution in [3.05, 3.63) is 83.8 Å². The second-order valence-corrected chi connectivity index (χ2v) is 9.05. The van der Waals surface area contributed by atoms with E-state index < -0.39 is 10.0 Å². The quantitative estimate of drug-likeness (QED) is 0.323. The molecule has 0 aliphatic carbocycles. The number of ketones is 1. The highest BCUT2D eigenvalue weighted by Crippen LogP contribution is 2.30. The van der Waals surface area contributed by atoms with Gasteiger partial charge in [-0.15, -0.1) is 0 Å². The average molecular weight is 488 g/mol. The SMILES string of the molecule is COc1cc(C#Cc2ccccc2NS(=O)(=O)c2ccc(OC)c3cccnc23)cnc1C(C)=O. The molecule has 176 valence electrons. The van der Waals surface area contributed by atoms with Crippen LogP contribution >= 0.6 is 0 Å². The summed E-state index contributed by atoms with van der Waals surface area (Å²) in [5.41, 5.74) is 1.78. The van der Waals surface area contributed by atoms with Crippen LogP contribution in [0.3, 0.4) is 0 Å². The number of hydrogen-bond donors (Lipinski definition) is 1. The van der Waals surface area contributed by atoms with Gasteiger partial charge in [-0.25, -0.2) is 13.4 Å². The number of fused-ring (bicyclic) bond motifs is 1. The molecular weight excluding hydrogens is 466 g/mol. The molecule has 0 radical (unpaired) electrons. The van der Waals surface area contributed by atoms with Crippen molar-refractivity contribution in [2.45, 2.75) is 11.8 Å². The molecular formula is C26H21N3O5S. The minimum absolute atomic E-state index is 0.0189. The zero-order valence-corrected chi connectivity index (χ0v) is 20.0. The van der Waals surface area contributed by atoms with Crippen LogP contribution in [0.25, 0.3) is 10.9 Å². The molecule has 0 atom stereocenters. The Morgan fingerprint density at radius 1 is 0.943 bits per heavy atom. The lowest BCUT2D eigenvalue weighted by Crippen LogP contribution is -2.14. The monoisotopic (exact) mass is 487 g/mol. The molecule has 9 heteroatoms. The van der Waals surface area contributed by atoms with E-state index in [9.17, 15) is 13.2 Å². The zero-order chi connectivity index (χ0) is 25.0. The van der Waals surface area contributed by atoms with Gasteiger partial charge in [-0.1, -0.05) is 24.0 Å². The molecule has 0 aliphatic heterocycles. The second-order valence-electron chi connectivity index (χ2n) is 7.40. The van der Waals surface area contributed by atoms with Crippen molar-refractivity contribution < 1.29 is 22.7 Å². The molecule has 0 saturated heterocycles. The molecule has 0 unspecified atom stereocenters. The Balaban J connectivity index is 1.71. The van der Waals surface area contributed by atoms with Crippen molar-refractivity contribution in [3.8, 4) is 23.3 Å². The molecule has 0 saturated carbocycles. The number of Topliss-reactive ketones (excluding diaryl/α,β-unsaturated/α-hetero) is 1. The van der Waals surface area contributed by atoms with E-state index in [2.05, 4.69) is 26.5 Å². The predicted octanol–water partition coefficient (Wildman–Crippen LogP) is 4.05. The summed E-state index contributed by atoms with van der Waals surface area (Å²) in [6, 6.07) is 14.9. The van der Waals surface area contributed by atoms with E-state index in [1.807, 2.05) is 0 Å². The van der Waals surface area contributed by atoms with Crippen LogP contribution < -0.4 is 14.2 Å². The molecule has 0 aliphatic rings. The van der Waals surface area contributed by atoms with Crippen LogP contribution in [0.15, 0.2) is 71.9 Å². The van der Waals surface area contributed by atoms with Gasteiger partial charge in [-0.3, -0.25) is 14.5 Å². The van der Waals surface area contributed by atoms with E-state index in [1.165, 1.54) is 39.6 Å². The lowest BCUT2D eigenvalue weighted by atomic mass is 10.1. The number of rotatable bonds is 6. The first kappa shape index (κ1) is 23.7. The summed E-state index contributed by atoms with van der Waals surface area (Å²) in [5, 5.41) is 0.585. The van der Waals surface area contributed by atoms with Crippen LogP contribution in [0.1, 0.15) is 28.5 Å². The van der Waals surface area contributed by atoms with Crippen molar-refractivity contribution in [1.82, 2.24) is 9.97 Å². The fourth-order valence-electron chi connectivity index (χ4n) is 3.47. The number of nitrogens with one attached hydrogen (secondary N) is 1.